The molecule has 1 saturated heterocycles. The number of aryl methyl sites for hydroxylation is 1. The Balaban J connectivity index is 1.40. The van der Waals surface area contributed by atoms with E-state index in [-0.39, 0.29) is 11.8 Å². The molecule has 1 aliphatic heterocycles. The summed E-state index contributed by atoms with van der Waals surface area (Å²) in [4.78, 5) is 38.0. The third-order valence-electron chi connectivity index (χ3n) is 5.39. The van der Waals surface area contributed by atoms with E-state index in [4.69, 9.17) is 4.74 Å². The first-order valence-corrected chi connectivity index (χ1v) is 11.3. The fraction of sp³-hybridized carbons (Fsp3) is 0.375. The van der Waals surface area contributed by atoms with Gasteiger partial charge in [-0.05, 0) is 61.1 Å². The lowest BCUT2D eigenvalue weighted by Crippen LogP contribution is -2.41. The lowest BCUT2D eigenvalue weighted by Gasteiger charge is -2.32. The largest absolute Gasteiger partial charge is 0.427 e. The maximum absolute atomic E-state index is 12.5. The van der Waals surface area contributed by atoms with Gasteiger partial charge in [0.2, 0.25) is 5.91 Å². The summed E-state index contributed by atoms with van der Waals surface area (Å²) in [6, 6.07) is 14.6. The predicted octanol–water partition coefficient (Wildman–Crippen LogP) is 3.98. The fourth-order valence-electron chi connectivity index (χ4n) is 3.69. The molecule has 7 heteroatoms. The Kier molecular flexibility index (Phi) is 8.23. The Morgan fingerprint density at radius 2 is 1.84 bits per heavy atom. The van der Waals surface area contributed by atoms with Gasteiger partial charge in [0.1, 0.15) is 5.75 Å². The van der Waals surface area contributed by atoms with E-state index in [0.29, 0.717) is 30.2 Å². The van der Waals surface area contributed by atoms with E-state index in [0.717, 1.165) is 42.4 Å². The number of carbonyl (C=O) groups excluding carboxylic acids is 3. The minimum absolute atomic E-state index is 0.185. The predicted molar refractivity (Wildman–Crippen MR) is 122 cm³/mol. The molecular weight excluding hydrogens is 460 g/mol. The first-order chi connectivity index (χ1) is 14.9. The Morgan fingerprint density at radius 3 is 2.55 bits per heavy atom. The number of hydrogen-bond donors (Lipinski definition) is 1. The van der Waals surface area contributed by atoms with Gasteiger partial charge in [0.15, 0.2) is 0 Å². The molecule has 0 bridgehead atoms. The van der Waals surface area contributed by atoms with Crippen LogP contribution in [0.3, 0.4) is 0 Å². The van der Waals surface area contributed by atoms with Crippen LogP contribution >= 0.6 is 15.9 Å². The standard InChI is InChI=1S/C24H27BrN2O4/c1-17(28)31-22-7-3-5-20(15-22)24(30)26-16-19-10-12-27(13-11-19)23(29)9-8-18-4-2-6-21(25)14-18/h2-7,14-15,19H,8-13,16H2,1H3,(H,26,30). The summed E-state index contributed by atoms with van der Waals surface area (Å²) >= 11 is 3.46. The molecule has 0 atom stereocenters. The second-order valence-corrected chi connectivity index (χ2v) is 8.70. The first kappa shape index (κ1) is 23.0. The first-order valence-electron chi connectivity index (χ1n) is 10.5. The third-order valence-corrected chi connectivity index (χ3v) is 5.89. The summed E-state index contributed by atoms with van der Waals surface area (Å²) in [6.45, 7) is 3.33. The summed E-state index contributed by atoms with van der Waals surface area (Å²) in [5, 5.41) is 2.96. The van der Waals surface area contributed by atoms with Crippen molar-refractivity contribution in [3.63, 3.8) is 0 Å². The highest BCUT2D eigenvalue weighted by Gasteiger charge is 2.23. The maximum Gasteiger partial charge on any atom is 0.308 e. The van der Waals surface area contributed by atoms with Gasteiger partial charge >= 0.3 is 5.97 Å². The van der Waals surface area contributed by atoms with E-state index in [9.17, 15) is 14.4 Å². The number of rotatable bonds is 7. The Bertz CT molecular complexity index is 939. The van der Waals surface area contributed by atoms with Crippen LogP contribution in [0.4, 0.5) is 0 Å². The molecule has 0 radical (unpaired) electrons. The van der Waals surface area contributed by atoms with Gasteiger partial charge in [-0.15, -0.1) is 0 Å². The summed E-state index contributed by atoms with van der Waals surface area (Å²) in [6.07, 6.45) is 2.99. The number of halogens is 1. The van der Waals surface area contributed by atoms with Crippen molar-refractivity contribution in [2.45, 2.75) is 32.6 Å². The lowest BCUT2D eigenvalue weighted by atomic mass is 9.96. The molecule has 3 rings (SSSR count). The van der Waals surface area contributed by atoms with Gasteiger partial charge < -0.3 is 15.0 Å². The van der Waals surface area contributed by atoms with Gasteiger partial charge in [0, 0.05) is 43.0 Å². The van der Waals surface area contributed by atoms with Crippen LogP contribution < -0.4 is 10.1 Å². The summed E-state index contributed by atoms with van der Waals surface area (Å²) in [5.41, 5.74) is 1.61. The average Bonchev–Trinajstić information content (AvgIpc) is 2.76. The minimum atomic E-state index is -0.421. The number of piperidine rings is 1. The molecule has 6 nitrogen and oxygen atoms in total. The fourth-order valence-corrected chi connectivity index (χ4v) is 4.14. The highest BCUT2D eigenvalue weighted by molar-refractivity contribution is 9.10. The van der Waals surface area contributed by atoms with Gasteiger partial charge in [0.05, 0.1) is 0 Å². The number of amides is 2. The topological polar surface area (TPSA) is 75.7 Å². The molecule has 1 fully saturated rings. The van der Waals surface area contributed by atoms with Crippen molar-refractivity contribution in [2.75, 3.05) is 19.6 Å². The van der Waals surface area contributed by atoms with E-state index >= 15 is 0 Å². The molecule has 0 saturated carbocycles. The molecule has 1 heterocycles. The molecule has 1 N–H and O–H groups in total. The Morgan fingerprint density at radius 1 is 1.10 bits per heavy atom. The molecule has 0 aliphatic carbocycles. The van der Waals surface area contributed by atoms with Crippen LogP contribution in [-0.4, -0.2) is 42.3 Å². The number of likely N-dealkylation sites (tertiary alicyclic amines) is 1. The van der Waals surface area contributed by atoms with Crippen LogP contribution in [0.2, 0.25) is 0 Å². The summed E-state index contributed by atoms with van der Waals surface area (Å²) in [7, 11) is 0. The van der Waals surface area contributed by atoms with Crippen molar-refractivity contribution >= 4 is 33.7 Å². The molecule has 2 aromatic rings. The Labute approximate surface area is 191 Å². The quantitative estimate of drug-likeness (QED) is 0.474. The lowest BCUT2D eigenvalue weighted by molar-refractivity contribution is -0.133. The van der Waals surface area contributed by atoms with Gasteiger partial charge in [-0.3, -0.25) is 14.4 Å². The number of nitrogens with one attached hydrogen (secondary N) is 1. The normalized spacial score (nSPS) is 14.2. The van der Waals surface area contributed by atoms with Crippen LogP contribution in [0, 0.1) is 5.92 Å². The minimum Gasteiger partial charge on any atom is -0.427 e. The number of hydrogen-bond acceptors (Lipinski definition) is 4. The zero-order valence-corrected chi connectivity index (χ0v) is 19.2. The van der Waals surface area contributed by atoms with Crippen LogP contribution in [0.5, 0.6) is 5.75 Å². The second-order valence-electron chi connectivity index (χ2n) is 7.79. The zero-order valence-electron chi connectivity index (χ0n) is 17.6. The van der Waals surface area contributed by atoms with E-state index < -0.39 is 5.97 Å². The molecule has 0 unspecified atom stereocenters. The molecule has 31 heavy (non-hydrogen) atoms. The second kappa shape index (κ2) is 11.1. The molecule has 0 spiro atoms. The molecule has 164 valence electrons. The number of ether oxygens (including phenoxy) is 1. The highest BCUT2D eigenvalue weighted by atomic mass is 79.9. The number of esters is 1. The van der Waals surface area contributed by atoms with Gasteiger partial charge in [-0.1, -0.05) is 34.1 Å². The van der Waals surface area contributed by atoms with Crippen LogP contribution in [0.1, 0.15) is 42.1 Å². The molecule has 2 aromatic carbocycles. The molecular formula is C24H27BrN2O4. The number of nitrogens with zero attached hydrogens (tertiary/aromatic N) is 1. The van der Waals surface area contributed by atoms with Crippen molar-refractivity contribution in [1.29, 1.82) is 0 Å². The summed E-state index contributed by atoms with van der Waals surface area (Å²) in [5.74, 6) is 0.270. The SMILES string of the molecule is CC(=O)Oc1cccc(C(=O)NCC2CCN(C(=O)CCc3cccc(Br)c3)CC2)c1. The van der Waals surface area contributed by atoms with E-state index in [1.807, 2.05) is 29.2 Å². The van der Waals surface area contributed by atoms with Crippen molar-refractivity contribution in [2.24, 2.45) is 5.92 Å². The van der Waals surface area contributed by atoms with Gasteiger partial charge in [-0.25, -0.2) is 0 Å². The Hall–Kier alpha value is -2.67. The van der Waals surface area contributed by atoms with Crippen LogP contribution in [-0.2, 0) is 16.0 Å². The molecule has 1 aliphatic rings. The van der Waals surface area contributed by atoms with Gasteiger partial charge in [0.25, 0.3) is 5.91 Å². The number of carbonyl (C=O) groups is 3. The van der Waals surface area contributed by atoms with Crippen molar-refractivity contribution in [3.8, 4) is 5.75 Å². The smallest absolute Gasteiger partial charge is 0.308 e. The summed E-state index contributed by atoms with van der Waals surface area (Å²) < 4.78 is 6.06. The van der Waals surface area contributed by atoms with Crippen LogP contribution in [0.25, 0.3) is 0 Å². The average molecular weight is 487 g/mol. The van der Waals surface area contributed by atoms with Crippen molar-refractivity contribution < 1.29 is 19.1 Å². The third kappa shape index (κ3) is 7.21. The van der Waals surface area contributed by atoms with E-state index in [1.54, 1.807) is 24.3 Å². The maximum atomic E-state index is 12.5. The molecule has 2 amide bonds. The number of benzene rings is 2. The van der Waals surface area contributed by atoms with Crippen molar-refractivity contribution in [3.05, 3.63) is 64.1 Å². The highest BCUT2D eigenvalue weighted by Crippen LogP contribution is 2.19. The van der Waals surface area contributed by atoms with E-state index in [1.165, 1.54) is 6.92 Å². The zero-order chi connectivity index (χ0) is 22.2. The van der Waals surface area contributed by atoms with Gasteiger partial charge in [-0.2, -0.15) is 0 Å². The van der Waals surface area contributed by atoms with E-state index in [2.05, 4.69) is 21.2 Å². The monoisotopic (exact) mass is 486 g/mol. The molecule has 0 aromatic heterocycles. The van der Waals surface area contributed by atoms with Crippen LogP contribution in [0.15, 0.2) is 53.0 Å². The van der Waals surface area contributed by atoms with Crippen molar-refractivity contribution in [1.82, 2.24) is 10.2 Å².